The molecule has 0 aromatic heterocycles. The maximum absolute atomic E-state index is 13.9. The number of likely N-dealkylation sites (tertiary alicyclic amines) is 1. The number of piperidine rings is 1. The maximum atomic E-state index is 13.9. The predicted octanol–water partition coefficient (Wildman–Crippen LogP) is 7.24. The number of ether oxygens (including phenoxy) is 5. The van der Waals surface area contributed by atoms with E-state index < -0.39 is 59.0 Å². The van der Waals surface area contributed by atoms with Gasteiger partial charge in [0.25, 0.3) is 17.7 Å². The summed E-state index contributed by atoms with van der Waals surface area (Å²) in [6.45, 7) is 8.86. The number of carbonyl (C=O) groups excluding carboxylic acids is 8. The van der Waals surface area contributed by atoms with E-state index in [0.29, 0.717) is 92.7 Å². The van der Waals surface area contributed by atoms with Crippen molar-refractivity contribution in [2.75, 3.05) is 34.0 Å². The largest absolute Gasteiger partial charge is 0.493 e. The topological polar surface area (TPSA) is 201 Å². The zero-order valence-corrected chi connectivity index (χ0v) is 40.2. The number of imide groups is 1. The van der Waals surface area contributed by atoms with Gasteiger partial charge in [-0.15, -0.1) is 0 Å². The van der Waals surface area contributed by atoms with Crippen molar-refractivity contribution in [1.29, 1.82) is 0 Å². The molecule has 3 aromatic rings. The Morgan fingerprint density at radius 2 is 1.51 bits per heavy atom. The second-order valence-electron chi connectivity index (χ2n) is 18.3. The first-order valence-electron chi connectivity index (χ1n) is 23.7. The number of ketones is 3. The van der Waals surface area contributed by atoms with Crippen molar-refractivity contribution in [2.45, 2.75) is 122 Å². The Bertz CT molecular complexity index is 2460. The number of benzene rings is 3. The van der Waals surface area contributed by atoms with Gasteiger partial charge in [-0.1, -0.05) is 64.5 Å². The third-order valence-electron chi connectivity index (χ3n) is 13.1. The summed E-state index contributed by atoms with van der Waals surface area (Å²) in [5, 5.41) is 2.61. The summed E-state index contributed by atoms with van der Waals surface area (Å²) in [6.07, 6.45) is 5.28. The number of carbonyl (C=O) groups is 8. The molecule has 1 unspecified atom stereocenters. The predicted molar refractivity (Wildman–Crippen MR) is 253 cm³/mol. The number of Topliss-reactive ketones (excluding diaryl/α,β-unsaturated/α-hetero) is 3. The molecule has 6 rings (SSSR count). The molecule has 3 atom stereocenters. The highest BCUT2D eigenvalue weighted by Crippen LogP contribution is 2.36. The van der Waals surface area contributed by atoms with Gasteiger partial charge < -0.3 is 33.9 Å². The van der Waals surface area contributed by atoms with Gasteiger partial charge in [0.05, 0.1) is 25.3 Å². The van der Waals surface area contributed by atoms with E-state index in [1.807, 2.05) is 25.1 Å². The van der Waals surface area contributed by atoms with Gasteiger partial charge in [0.1, 0.15) is 42.9 Å². The van der Waals surface area contributed by atoms with Crippen LogP contribution >= 0.6 is 0 Å². The summed E-state index contributed by atoms with van der Waals surface area (Å²) in [4.78, 5) is 107. The lowest BCUT2D eigenvalue weighted by Crippen LogP contribution is -2.51. The average molecular weight is 950 g/mol. The van der Waals surface area contributed by atoms with Crippen molar-refractivity contribution in [3.8, 4) is 23.0 Å². The number of fused-ring (bicyclic) bond motifs is 1. The van der Waals surface area contributed by atoms with Crippen LogP contribution in [0.2, 0.25) is 0 Å². The summed E-state index contributed by atoms with van der Waals surface area (Å²) in [5.74, 6) is -2.15. The van der Waals surface area contributed by atoms with Gasteiger partial charge in [-0.2, -0.15) is 0 Å². The molecular weight excluding hydrogens is 887 g/mol. The molecule has 0 aliphatic carbocycles. The van der Waals surface area contributed by atoms with Crippen molar-refractivity contribution in [3.63, 3.8) is 0 Å². The molecule has 4 amide bonds. The zero-order chi connectivity index (χ0) is 49.8. The number of hydrogen-bond acceptors (Lipinski definition) is 13. The minimum Gasteiger partial charge on any atom is -0.493 e. The molecule has 3 aliphatic rings. The molecule has 3 heterocycles. The number of amides is 4. The molecule has 0 bridgehead atoms. The quantitative estimate of drug-likeness (QED) is 0.0386. The molecule has 16 nitrogen and oxygen atoms in total. The van der Waals surface area contributed by atoms with Gasteiger partial charge in [0.15, 0.2) is 23.1 Å². The van der Waals surface area contributed by atoms with Gasteiger partial charge in [0, 0.05) is 30.5 Å². The summed E-state index contributed by atoms with van der Waals surface area (Å²) in [5.41, 5.74) is 1.37. The first-order valence-corrected chi connectivity index (χ1v) is 23.7. The average Bonchev–Trinajstić information content (AvgIpc) is 3.94. The van der Waals surface area contributed by atoms with E-state index in [1.165, 1.54) is 17.0 Å². The van der Waals surface area contributed by atoms with E-state index in [9.17, 15) is 38.4 Å². The maximum Gasteiger partial charge on any atom is 0.329 e. The summed E-state index contributed by atoms with van der Waals surface area (Å²) < 4.78 is 28.7. The van der Waals surface area contributed by atoms with Crippen LogP contribution in [-0.2, 0) is 39.9 Å². The molecule has 69 heavy (non-hydrogen) atoms. The van der Waals surface area contributed by atoms with Crippen LogP contribution in [0.1, 0.15) is 136 Å². The second-order valence-corrected chi connectivity index (χ2v) is 18.3. The SMILES string of the molecule is C=C1CCC(N2C(=O)c3cccc(OCC(=O)CCCCCCC(=O)COc4cccc([C@@H](CCc5ccc(OC)c(OC)c5)OC(=O)[C@@H]5CCCN5C(=O)C(=O)C(C)(C)CC)c4)c3C2=O)C(=O)N1. The fourth-order valence-corrected chi connectivity index (χ4v) is 8.63. The highest BCUT2D eigenvalue weighted by atomic mass is 16.5. The van der Waals surface area contributed by atoms with Crippen molar-refractivity contribution in [1.82, 2.24) is 15.1 Å². The van der Waals surface area contributed by atoms with Gasteiger partial charge in [0.2, 0.25) is 11.7 Å². The number of esters is 1. The fourth-order valence-electron chi connectivity index (χ4n) is 8.63. The van der Waals surface area contributed by atoms with Gasteiger partial charge in [-0.3, -0.25) is 38.5 Å². The molecule has 2 fully saturated rings. The number of hydrogen-bond donors (Lipinski definition) is 1. The van der Waals surface area contributed by atoms with Crippen LogP contribution < -0.4 is 24.3 Å². The Labute approximate surface area is 403 Å². The van der Waals surface area contributed by atoms with E-state index in [0.717, 1.165) is 10.5 Å². The third-order valence-corrected chi connectivity index (χ3v) is 13.1. The van der Waals surface area contributed by atoms with Crippen LogP contribution in [0.15, 0.2) is 72.9 Å². The molecule has 0 spiro atoms. The molecule has 3 aromatic carbocycles. The molecular formula is C53H63N3O13. The molecule has 1 N–H and O–H groups in total. The number of unbranched alkanes of at least 4 members (excludes halogenated alkanes) is 3. The highest BCUT2D eigenvalue weighted by Gasteiger charge is 2.46. The summed E-state index contributed by atoms with van der Waals surface area (Å²) >= 11 is 0. The number of methoxy groups -OCH3 is 2. The number of nitrogens with one attached hydrogen (secondary N) is 1. The number of nitrogens with zero attached hydrogens (tertiary/aromatic N) is 2. The van der Waals surface area contributed by atoms with E-state index in [4.69, 9.17) is 23.7 Å². The minimum atomic E-state index is -0.960. The first-order chi connectivity index (χ1) is 33.1. The molecule has 0 saturated carbocycles. The van der Waals surface area contributed by atoms with Gasteiger partial charge in [-0.05, 0) is 105 Å². The Balaban J connectivity index is 0.970. The third kappa shape index (κ3) is 12.6. The van der Waals surface area contributed by atoms with Crippen LogP contribution in [0.3, 0.4) is 0 Å². The van der Waals surface area contributed by atoms with Crippen molar-refractivity contribution < 1.29 is 62.0 Å². The van der Waals surface area contributed by atoms with Gasteiger partial charge in [-0.25, -0.2) is 4.79 Å². The number of allylic oxidation sites excluding steroid dienone is 1. The number of aryl methyl sites for hydroxylation is 1. The first kappa shape index (κ1) is 51.5. The van der Waals surface area contributed by atoms with Crippen LogP contribution in [-0.4, -0.2) is 103 Å². The lowest BCUT2D eigenvalue weighted by Gasteiger charge is -2.29. The standard InChI is InChI=1S/C53H63N3O13/c1-7-53(3,4)47(59)51(63)55-28-14-20-41(55)52(64)69-42(26-23-34-24-27-43(65-5)45(29-34)66-6)35-15-12-18-38(30-35)67-31-36(57)16-10-8-9-11-17-37(58)32-68-44-21-13-19-39-46(44)50(62)56(49(39)61)40-25-22-33(2)54-48(40)60/h12-13,15,18-19,21,24,27,29-30,40-42H,2,7-11,14,16-17,20,22-23,25-26,28,31-32H2,1,3-6H3,(H,54,60)/t40?,41-,42+/m0/s1. The smallest absolute Gasteiger partial charge is 0.329 e. The van der Waals surface area contributed by atoms with Crippen molar-refractivity contribution in [2.24, 2.45) is 5.41 Å². The normalized spacial score (nSPS) is 17.2. The fraction of sp³-hybridized carbons (Fsp3) is 0.472. The van der Waals surface area contributed by atoms with Crippen molar-refractivity contribution in [3.05, 3.63) is 95.2 Å². The van der Waals surface area contributed by atoms with E-state index >= 15 is 0 Å². The van der Waals surface area contributed by atoms with Crippen LogP contribution in [0, 0.1) is 5.41 Å². The Kier molecular flexibility index (Phi) is 17.5. The lowest BCUT2D eigenvalue weighted by atomic mass is 9.84. The van der Waals surface area contributed by atoms with Gasteiger partial charge >= 0.3 is 5.97 Å². The minimum absolute atomic E-state index is 0.0367. The Morgan fingerprint density at radius 1 is 0.812 bits per heavy atom. The molecule has 2 saturated heterocycles. The summed E-state index contributed by atoms with van der Waals surface area (Å²) in [7, 11) is 3.11. The van der Waals surface area contributed by atoms with Crippen LogP contribution in [0.5, 0.6) is 23.0 Å². The highest BCUT2D eigenvalue weighted by molar-refractivity contribution is 6.38. The molecule has 368 valence electrons. The zero-order valence-electron chi connectivity index (χ0n) is 40.2. The van der Waals surface area contributed by atoms with E-state index in [2.05, 4.69) is 11.9 Å². The Morgan fingerprint density at radius 3 is 2.19 bits per heavy atom. The monoisotopic (exact) mass is 949 g/mol. The second kappa shape index (κ2) is 23.4. The Hall–Kier alpha value is -6.84. The summed E-state index contributed by atoms with van der Waals surface area (Å²) in [6, 6.07) is 15.3. The number of rotatable bonds is 25. The van der Waals surface area contributed by atoms with Crippen molar-refractivity contribution >= 4 is 46.9 Å². The van der Waals surface area contributed by atoms with E-state index in [1.54, 1.807) is 58.4 Å². The van der Waals surface area contributed by atoms with E-state index in [-0.39, 0.29) is 67.5 Å². The van der Waals surface area contributed by atoms with Crippen LogP contribution in [0.4, 0.5) is 0 Å². The lowest BCUT2D eigenvalue weighted by molar-refractivity contribution is -0.161. The molecule has 0 radical (unpaired) electrons. The molecule has 16 heteroatoms. The van der Waals surface area contributed by atoms with Crippen LogP contribution in [0.25, 0.3) is 0 Å². The molecule has 3 aliphatic heterocycles.